The number of hydrogen-bond donors (Lipinski definition) is 1. The Morgan fingerprint density at radius 2 is 1.86 bits per heavy atom. The highest BCUT2D eigenvalue weighted by Gasteiger charge is 2.25. The topological polar surface area (TPSA) is 106 Å². The molecule has 178 valence electrons. The standard InChI is InChI=1S/C25H24N6O4/c1-16-18(13-26-24(27-16)29-25-28-19-4-2-3-5-20(19)35-25)23(32)31-10-8-30(9-11-31)14-17-6-7-21-22(12-17)34-15-33-21/h2-7,12-13H,8-11,14-15H2,1H3,(H,26,27,28,29). The number of nitrogens with one attached hydrogen (secondary N) is 1. The largest absolute Gasteiger partial charge is 0.454 e. The lowest BCUT2D eigenvalue weighted by Crippen LogP contribution is -2.48. The van der Waals surface area contributed by atoms with E-state index in [1.165, 1.54) is 5.56 Å². The summed E-state index contributed by atoms with van der Waals surface area (Å²) < 4.78 is 16.5. The number of ether oxygens (including phenoxy) is 2. The van der Waals surface area contributed by atoms with Crippen molar-refractivity contribution in [3.05, 3.63) is 65.5 Å². The Kier molecular flexibility index (Phi) is 5.42. The second-order valence-electron chi connectivity index (χ2n) is 8.56. The molecule has 2 aliphatic rings. The first kappa shape index (κ1) is 21.4. The highest BCUT2D eigenvalue weighted by atomic mass is 16.7. The fraction of sp³-hybridized carbons (Fsp3) is 0.280. The van der Waals surface area contributed by atoms with Crippen LogP contribution < -0.4 is 14.8 Å². The van der Waals surface area contributed by atoms with E-state index in [1.807, 2.05) is 48.2 Å². The van der Waals surface area contributed by atoms with Crippen LogP contribution in [0.15, 0.2) is 53.1 Å². The molecule has 0 aliphatic carbocycles. The maximum absolute atomic E-state index is 13.1. The summed E-state index contributed by atoms with van der Waals surface area (Å²) in [6, 6.07) is 13.8. The lowest BCUT2D eigenvalue weighted by Gasteiger charge is -2.35. The number of anilines is 2. The van der Waals surface area contributed by atoms with Gasteiger partial charge in [-0.1, -0.05) is 18.2 Å². The number of carbonyl (C=O) groups excluding carboxylic acids is 1. The van der Waals surface area contributed by atoms with Gasteiger partial charge in [-0.3, -0.25) is 15.0 Å². The second-order valence-corrected chi connectivity index (χ2v) is 8.56. The molecule has 10 nitrogen and oxygen atoms in total. The summed E-state index contributed by atoms with van der Waals surface area (Å²) in [5.74, 6) is 1.86. The summed E-state index contributed by atoms with van der Waals surface area (Å²) in [5.41, 5.74) is 3.69. The van der Waals surface area contributed by atoms with Gasteiger partial charge in [0.2, 0.25) is 12.7 Å². The molecule has 0 unspecified atom stereocenters. The SMILES string of the molecule is Cc1nc(Nc2nc3ccccc3o2)ncc1C(=O)N1CCN(Cc2ccc3c(c2)OCO3)CC1. The first-order chi connectivity index (χ1) is 17.1. The molecule has 4 aromatic rings. The number of amides is 1. The Hall–Kier alpha value is -4.18. The molecule has 0 atom stereocenters. The quantitative estimate of drug-likeness (QED) is 0.468. The highest BCUT2D eigenvalue weighted by Crippen LogP contribution is 2.33. The predicted molar refractivity (Wildman–Crippen MR) is 128 cm³/mol. The van der Waals surface area contributed by atoms with E-state index in [0.717, 1.165) is 36.6 Å². The minimum atomic E-state index is -0.0568. The number of para-hydroxylation sites is 2. The van der Waals surface area contributed by atoms with E-state index in [-0.39, 0.29) is 12.7 Å². The lowest BCUT2D eigenvalue weighted by atomic mass is 10.1. The van der Waals surface area contributed by atoms with E-state index in [4.69, 9.17) is 13.9 Å². The van der Waals surface area contributed by atoms with Crippen LogP contribution in [0.1, 0.15) is 21.6 Å². The zero-order valence-corrected chi connectivity index (χ0v) is 19.2. The lowest BCUT2D eigenvalue weighted by molar-refractivity contribution is 0.0627. The maximum Gasteiger partial charge on any atom is 0.302 e. The van der Waals surface area contributed by atoms with Gasteiger partial charge in [-0.25, -0.2) is 9.97 Å². The summed E-state index contributed by atoms with van der Waals surface area (Å²) in [5, 5.41) is 2.98. The van der Waals surface area contributed by atoms with Gasteiger partial charge in [0.25, 0.3) is 5.91 Å². The number of piperazine rings is 1. The van der Waals surface area contributed by atoms with Gasteiger partial charge in [0.05, 0.1) is 11.3 Å². The van der Waals surface area contributed by atoms with Crippen molar-refractivity contribution in [2.24, 2.45) is 0 Å². The van der Waals surface area contributed by atoms with Crippen LogP contribution in [0.2, 0.25) is 0 Å². The summed E-state index contributed by atoms with van der Waals surface area (Å²) in [6.45, 7) is 5.75. The highest BCUT2D eigenvalue weighted by molar-refractivity contribution is 5.95. The van der Waals surface area contributed by atoms with Crippen LogP contribution in [0.5, 0.6) is 11.5 Å². The van der Waals surface area contributed by atoms with Crippen LogP contribution in [-0.4, -0.2) is 63.6 Å². The molecular weight excluding hydrogens is 448 g/mol. The molecule has 0 spiro atoms. The molecule has 1 N–H and O–H groups in total. The molecule has 0 saturated carbocycles. The number of nitrogens with zero attached hydrogens (tertiary/aromatic N) is 5. The van der Waals surface area contributed by atoms with Gasteiger partial charge in [-0.2, -0.15) is 4.98 Å². The minimum Gasteiger partial charge on any atom is -0.454 e. The number of benzene rings is 2. The summed E-state index contributed by atoms with van der Waals surface area (Å²) in [4.78, 5) is 30.5. The molecule has 2 aliphatic heterocycles. The van der Waals surface area contributed by atoms with Crippen LogP contribution in [0, 0.1) is 6.92 Å². The van der Waals surface area contributed by atoms with Crippen molar-refractivity contribution in [1.29, 1.82) is 0 Å². The third-order valence-corrected chi connectivity index (χ3v) is 6.23. The maximum atomic E-state index is 13.1. The molecule has 0 bridgehead atoms. The number of hydrogen-bond acceptors (Lipinski definition) is 9. The van der Waals surface area contributed by atoms with E-state index in [9.17, 15) is 4.79 Å². The van der Waals surface area contributed by atoms with Gasteiger partial charge in [0, 0.05) is 38.9 Å². The Morgan fingerprint density at radius 3 is 2.69 bits per heavy atom. The van der Waals surface area contributed by atoms with Crippen molar-refractivity contribution < 1.29 is 18.7 Å². The minimum absolute atomic E-state index is 0.0568. The van der Waals surface area contributed by atoms with Crippen molar-refractivity contribution >= 4 is 29.0 Å². The average Bonchev–Trinajstić information content (AvgIpc) is 3.50. The monoisotopic (exact) mass is 472 g/mol. The zero-order chi connectivity index (χ0) is 23.8. The first-order valence-corrected chi connectivity index (χ1v) is 11.5. The van der Waals surface area contributed by atoms with Crippen molar-refractivity contribution in [3.8, 4) is 11.5 Å². The summed E-state index contributed by atoms with van der Waals surface area (Å²) in [7, 11) is 0. The van der Waals surface area contributed by atoms with Crippen molar-refractivity contribution in [3.63, 3.8) is 0 Å². The number of rotatable bonds is 5. The molecule has 2 aromatic heterocycles. The van der Waals surface area contributed by atoms with Gasteiger partial charge in [-0.15, -0.1) is 0 Å². The van der Waals surface area contributed by atoms with Crippen molar-refractivity contribution in [2.75, 3.05) is 38.3 Å². The van der Waals surface area contributed by atoms with E-state index in [2.05, 4.69) is 31.2 Å². The van der Waals surface area contributed by atoms with E-state index in [1.54, 1.807) is 6.20 Å². The molecule has 6 rings (SSSR count). The fourth-order valence-electron chi connectivity index (χ4n) is 4.34. The molecule has 0 radical (unpaired) electrons. The van der Waals surface area contributed by atoms with Crippen LogP contribution in [-0.2, 0) is 6.54 Å². The van der Waals surface area contributed by atoms with Crippen LogP contribution in [0.25, 0.3) is 11.1 Å². The molecule has 1 fully saturated rings. The summed E-state index contributed by atoms with van der Waals surface area (Å²) in [6.07, 6.45) is 1.56. The smallest absolute Gasteiger partial charge is 0.302 e. The predicted octanol–water partition coefficient (Wildman–Crippen LogP) is 3.36. The Morgan fingerprint density at radius 1 is 1.03 bits per heavy atom. The van der Waals surface area contributed by atoms with E-state index >= 15 is 0 Å². The Bertz CT molecular complexity index is 1360. The number of aryl methyl sites for hydroxylation is 1. The average molecular weight is 473 g/mol. The van der Waals surface area contributed by atoms with E-state index in [0.29, 0.717) is 41.9 Å². The molecule has 1 saturated heterocycles. The number of oxazole rings is 1. The molecular formula is C25H24N6O4. The third kappa shape index (κ3) is 4.35. The molecule has 4 heterocycles. The van der Waals surface area contributed by atoms with Crippen molar-refractivity contribution in [1.82, 2.24) is 24.8 Å². The van der Waals surface area contributed by atoms with Crippen LogP contribution >= 0.6 is 0 Å². The van der Waals surface area contributed by atoms with Gasteiger partial charge >= 0.3 is 6.01 Å². The van der Waals surface area contributed by atoms with Crippen molar-refractivity contribution in [2.45, 2.75) is 13.5 Å². The first-order valence-electron chi connectivity index (χ1n) is 11.5. The number of fused-ring (bicyclic) bond motifs is 2. The molecule has 35 heavy (non-hydrogen) atoms. The van der Waals surface area contributed by atoms with E-state index < -0.39 is 0 Å². The van der Waals surface area contributed by atoms with Gasteiger partial charge in [-0.05, 0) is 36.8 Å². The number of aromatic nitrogens is 3. The molecule has 1 amide bonds. The molecule has 10 heteroatoms. The van der Waals surface area contributed by atoms with Crippen LogP contribution in [0.3, 0.4) is 0 Å². The Labute approximate surface area is 201 Å². The van der Waals surface area contributed by atoms with Gasteiger partial charge in [0.15, 0.2) is 17.1 Å². The number of carbonyl (C=O) groups is 1. The summed E-state index contributed by atoms with van der Waals surface area (Å²) >= 11 is 0. The fourth-order valence-corrected chi connectivity index (χ4v) is 4.34. The normalized spacial score (nSPS) is 15.5. The van der Waals surface area contributed by atoms with Crippen LogP contribution in [0.4, 0.5) is 12.0 Å². The zero-order valence-electron chi connectivity index (χ0n) is 19.2. The Balaban J connectivity index is 1.07. The second kappa shape index (κ2) is 8.88. The third-order valence-electron chi connectivity index (χ3n) is 6.23. The molecule has 2 aromatic carbocycles. The van der Waals surface area contributed by atoms with Gasteiger partial charge in [0.1, 0.15) is 5.52 Å². The van der Waals surface area contributed by atoms with Gasteiger partial charge < -0.3 is 18.8 Å².